The molecule has 21 heavy (non-hydrogen) atoms. The number of nitrogens with one attached hydrogen (secondary N) is 2. The zero-order valence-electron chi connectivity index (χ0n) is 12.0. The van der Waals surface area contributed by atoms with Crippen LogP contribution in [0.1, 0.15) is 11.6 Å². The molecule has 0 fully saturated rings. The fourth-order valence-electron chi connectivity index (χ4n) is 1.99. The van der Waals surface area contributed by atoms with Crippen molar-refractivity contribution in [3.8, 4) is 0 Å². The second-order valence-corrected chi connectivity index (χ2v) is 5.57. The van der Waals surface area contributed by atoms with E-state index in [4.69, 9.17) is 0 Å². The van der Waals surface area contributed by atoms with Crippen molar-refractivity contribution in [1.82, 2.24) is 20.4 Å². The summed E-state index contributed by atoms with van der Waals surface area (Å²) in [4.78, 5) is 12.0. The van der Waals surface area contributed by atoms with E-state index in [0.29, 0.717) is 13.1 Å². The summed E-state index contributed by atoms with van der Waals surface area (Å²) in [6.45, 7) is 1.27. The van der Waals surface area contributed by atoms with Crippen LogP contribution < -0.4 is 10.6 Å². The highest BCUT2D eigenvalue weighted by atomic mass is 32.2. The van der Waals surface area contributed by atoms with Gasteiger partial charge in [0.05, 0.1) is 12.6 Å². The molecule has 0 aliphatic carbocycles. The number of hydrogen-bond donors (Lipinski definition) is 2. The molecule has 5 nitrogen and oxygen atoms in total. The van der Waals surface area contributed by atoms with Crippen molar-refractivity contribution < 1.29 is 4.79 Å². The van der Waals surface area contributed by atoms with Gasteiger partial charge in [0.15, 0.2) is 0 Å². The quantitative estimate of drug-likeness (QED) is 0.772. The van der Waals surface area contributed by atoms with Crippen LogP contribution >= 0.6 is 11.8 Å². The molecule has 1 unspecified atom stereocenters. The molecule has 2 aromatic rings. The second kappa shape index (κ2) is 8.36. The van der Waals surface area contributed by atoms with Crippen LogP contribution in [0.25, 0.3) is 0 Å². The maximum Gasteiger partial charge on any atom is 0.315 e. The lowest BCUT2D eigenvalue weighted by Crippen LogP contribution is -2.40. The van der Waals surface area contributed by atoms with Crippen molar-refractivity contribution >= 4 is 17.8 Å². The van der Waals surface area contributed by atoms with Crippen LogP contribution in [0.15, 0.2) is 48.8 Å². The van der Waals surface area contributed by atoms with Gasteiger partial charge in [-0.25, -0.2) is 4.79 Å². The molecule has 6 heteroatoms. The van der Waals surface area contributed by atoms with Crippen molar-refractivity contribution in [1.29, 1.82) is 0 Å². The molecule has 2 N–H and O–H groups in total. The van der Waals surface area contributed by atoms with Crippen LogP contribution in [0.4, 0.5) is 4.79 Å². The number of amides is 2. The minimum atomic E-state index is -0.148. The molecule has 1 aromatic heterocycles. The number of nitrogens with zero attached hydrogens (tertiary/aromatic N) is 2. The molecule has 2 rings (SSSR count). The highest BCUT2D eigenvalue weighted by Crippen LogP contribution is 2.14. The first-order chi connectivity index (χ1) is 10.3. The first-order valence-corrected chi connectivity index (χ1v) is 8.24. The van der Waals surface area contributed by atoms with Crippen LogP contribution in [0.5, 0.6) is 0 Å². The lowest BCUT2D eigenvalue weighted by Gasteiger charge is -2.19. The van der Waals surface area contributed by atoms with Gasteiger partial charge in [0.1, 0.15) is 0 Å². The number of urea groups is 1. The summed E-state index contributed by atoms with van der Waals surface area (Å²) < 4.78 is 1.82. The molecule has 1 heterocycles. The lowest BCUT2D eigenvalue weighted by atomic mass is 10.1. The van der Waals surface area contributed by atoms with Gasteiger partial charge in [-0.05, 0) is 17.9 Å². The number of hydrogen-bond acceptors (Lipinski definition) is 3. The molecule has 0 saturated carbocycles. The van der Waals surface area contributed by atoms with E-state index in [0.717, 1.165) is 11.3 Å². The summed E-state index contributed by atoms with van der Waals surface area (Å²) >= 11 is 1.71. The summed E-state index contributed by atoms with van der Waals surface area (Å²) in [5.74, 6) is 0.905. The van der Waals surface area contributed by atoms with E-state index in [1.165, 1.54) is 0 Å². The van der Waals surface area contributed by atoms with Crippen molar-refractivity contribution in [2.24, 2.45) is 0 Å². The van der Waals surface area contributed by atoms with Crippen molar-refractivity contribution in [3.63, 3.8) is 0 Å². The lowest BCUT2D eigenvalue weighted by molar-refractivity contribution is 0.236. The average Bonchev–Trinajstić information content (AvgIpc) is 3.01. The van der Waals surface area contributed by atoms with E-state index in [9.17, 15) is 4.79 Å². The largest absolute Gasteiger partial charge is 0.337 e. The summed E-state index contributed by atoms with van der Waals surface area (Å²) in [6.07, 6.45) is 5.65. The van der Waals surface area contributed by atoms with Crippen LogP contribution in [0.2, 0.25) is 0 Å². The maximum atomic E-state index is 12.0. The molecule has 0 radical (unpaired) electrons. The Hall–Kier alpha value is -1.95. The molecular formula is C15H20N4OS. The van der Waals surface area contributed by atoms with Gasteiger partial charge in [-0.3, -0.25) is 4.68 Å². The Morgan fingerprint density at radius 3 is 2.81 bits per heavy atom. The Kier molecular flexibility index (Phi) is 6.15. The van der Waals surface area contributed by atoms with E-state index < -0.39 is 0 Å². The van der Waals surface area contributed by atoms with Crippen molar-refractivity contribution in [2.45, 2.75) is 12.6 Å². The molecule has 112 valence electrons. The first-order valence-electron chi connectivity index (χ1n) is 6.85. The monoisotopic (exact) mass is 304 g/mol. The normalized spacial score (nSPS) is 11.9. The number of carbonyl (C=O) groups is 1. The zero-order chi connectivity index (χ0) is 14.9. The van der Waals surface area contributed by atoms with Gasteiger partial charge in [0.25, 0.3) is 0 Å². The van der Waals surface area contributed by atoms with Gasteiger partial charge in [0.2, 0.25) is 0 Å². The summed E-state index contributed by atoms with van der Waals surface area (Å²) in [5.41, 5.74) is 1.06. The predicted octanol–water partition coefficient (Wildman–Crippen LogP) is 2.29. The summed E-state index contributed by atoms with van der Waals surface area (Å²) in [7, 11) is 0. The number of thioether (sulfide) groups is 1. The SMILES string of the molecule is CSCCNC(=O)NC(Cn1cccn1)c1ccccc1. The maximum absolute atomic E-state index is 12.0. The van der Waals surface area contributed by atoms with Crippen LogP contribution in [-0.4, -0.2) is 34.4 Å². The third-order valence-corrected chi connectivity index (χ3v) is 3.64. The Balaban J connectivity index is 2.00. The molecule has 0 aliphatic heterocycles. The first kappa shape index (κ1) is 15.4. The van der Waals surface area contributed by atoms with Crippen LogP contribution in [-0.2, 0) is 6.54 Å². The fourth-order valence-corrected chi connectivity index (χ4v) is 2.30. The standard InChI is InChI=1S/C15H20N4OS/c1-21-11-9-16-15(20)18-14(12-19-10-5-8-17-19)13-6-3-2-4-7-13/h2-8,10,14H,9,11-12H2,1H3,(H2,16,18,20). The van der Waals surface area contributed by atoms with Gasteiger partial charge in [-0.1, -0.05) is 30.3 Å². The van der Waals surface area contributed by atoms with Crippen molar-refractivity contribution in [2.75, 3.05) is 18.6 Å². The van der Waals surface area contributed by atoms with Crippen molar-refractivity contribution in [3.05, 3.63) is 54.4 Å². The third kappa shape index (κ3) is 5.15. The smallest absolute Gasteiger partial charge is 0.315 e. The molecule has 0 aliphatic rings. The number of benzene rings is 1. The molecule has 0 bridgehead atoms. The van der Waals surface area contributed by atoms with E-state index in [2.05, 4.69) is 15.7 Å². The average molecular weight is 304 g/mol. The highest BCUT2D eigenvalue weighted by Gasteiger charge is 2.15. The van der Waals surface area contributed by atoms with Gasteiger partial charge in [-0.2, -0.15) is 16.9 Å². The summed E-state index contributed by atoms with van der Waals surface area (Å²) in [6, 6.07) is 11.5. The summed E-state index contributed by atoms with van der Waals surface area (Å²) in [5, 5.41) is 10.1. The Labute approximate surface area is 129 Å². The number of aromatic nitrogens is 2. The molecule has 0 spiro atoms. The fraction of sp³-hybridized carbons (Fsp3) is 0.333. The Bertz CT molecular complexity index is 530. The number of carbonyl (C=O) groups excluding carboxylic acids is 1. The van der Waals surface area contributed by atoms with Gasteiger partial charge in [0, 0.05) is 24.7 Å². The molecule has 1 atom stereocenters. The predicted molar refractivity (Wildman–Crippen MR) is 86.3 cm³/mol. The number of rotatable bonds is 7. The molecular weight excluding hydrogens is 284 g/mol. The molecule has 2 amide bonds. The van der Waals surface area contributed by atoms with Crippen LogP contribution in [0, 0.1) is 0 Å². The Morgan fingerprint density at radius 2 is 2.14 bits per heavy atom. The minimum Gasteiger partial charge on any atom is -0.337 e. The van der Waals surface area contributed by atoms with E-state index in [-0.39, 0.29) is 12.1 Å². The molecule has 1 aromatic carbocycles. The second-order valence-electron chi connectivity index (χ2n) is 4.58. The topological polar surface area (TPSA) is 59.0 Å². The third-order valence-electron chi connectivity index (χ3n) is 3.03. The van der Waals surface area contributed by atoms with Gasteiger partial charge in [-0.15, -0.1) is 0 Å². The van der Waals surface area contributed by atoms with E-state index in [1.54, 1.807) is 18.0 Å². The molecule has 0 saturated heterocycles. The minimum absolute atomic E-state index is 0.111. The highest BCUT2D eigenvalue weighted by molar-refractivity contribution is 7.98. The Morgan fingerprint density at radius 1 is 1.33 bits per heavy atom. The van der Waals surface area contributed by atoms with E-state index >= 15 is 0 Å². The van der Waals surface area contributed by atoms with Crippen LogP contribution in [0.3, 0.4) is 0 Å². The van der Waals surface area contributed by atoms with Gasteiger partial charge < -0.3 is 10.6 Å². The van der Waals surface area contributed by atoms with E-state index in [1.807, 2.05) is 53.5 Å². The van der Waals surface area contributed by atoms with Gasteiger partial charge >= 0.3 is 6.03 Å². The zero-order valence-corrected chi connectivity index (χ0v) is 12.8.